The number of aliphatic carboxylic acids is 1. The van der Waals surface area contributed by atoms with E-state index in [1.165, 1.54) is 0 Å². The maximum Gasteiger partial charge on any atom is 0.303 e. The first-order valence-corrected chi connectivity index (χ1v) is 7.59. The molecule has 1 aliphatic rings. The lowest BCUT2D eigenvalue weighted by Crippen LogP contribution is -2.29. The van der Waals surface area contributed by atoms with E-state index in [2.05, 4.69) is 5.10 Å². The fourth-order valence-electron chi connectivity index (χ4n) is 2.71. The Kier molecular flexibility index (Phi) is 5.54. The monoisotopic (exact) mass is 309 g/mol. The second-order valence-corrected chi connectivity index (χ2v) is 5.66. The topological polar surface area (TPSA) is 84.7 Å². The van der Waals surface area contributed by atoms with Gasteiger partial charge in [0.1, 0.15) is 0 Å². The van der Waals surface area contributed by atoms with E-state index in [1.807, 2.05) is 11.6 Å². The molecule has 1 amide bonds. The van der Waals surface area contributed by atoms with E-state index >= 15 is 0 Å². The fourth-order valence-corrected chi connectivity index (χ4v) is 2.71. The maximum atomic E-state index is 12.4. The number of ether oxygens (including phenoxy) is 1. The Balaban J connectivity index is 2.00. The van der Waals surface area contributed by atoms with Crippen LogP contribution in [0, 0.1) is 6.92 Å². The molecule has 0 saturated carbocycles. The van der Waals surface area contributed by atoms with Crippen LogP contribution in [0.5, 0.6) is 0 Å². The van der Waals surface area contributed by atoms with Gasteiger partial charge >= 0.3 is 5.97 Å². The van der Waals surface area contributed by atoms with Gasteiger partial charge in [-0.25, -0.2) is 0 Å². The van der Waals surface area contributed by atoms with Crippen LogP contribution in [-0.2, 0) is 9.53 Å². The summed E-state index contributed by atoms with van der Waals surface area (Å²) in [6, 6.07) is 0.285. The molecule has 1 aromatic rings. The van der Waals surface area contributed by atoms with Crippen LogP contribution in [0.3, 0.4) is 0 Å². The van der Waals surface area contributed by atoms with Gasteiger partial charge in [-0.2, -0.15) is 5.10 Å². The molecule has 0 aliphatic carbocycles. The standard InChI is InChI=1S/C15H23N3O4/c1-11-13(15(21)17(2)7-3-4-14(19)20)10-16-18(11)12-5-8-22-9-6-12/h10,12H,3-9H2,1-2H3,(H,19,20). The minimum absolute atomic E-state index is 0.0674. The first kappa shape index (κ1) is 16.5. The normalized spacial score (nSPS) is 15.7. The summed E-state index contributed by atoms with van der Waals surface area (Å²) in [7, 11) is 1.69. The summed E-state index contributed by atoms with van der Waals surface area (Å²) in [5.74, 6) is -0.953. The van der Waals surface area contributed by atoms with Crippen molar-refractivity contribution >= 4 is 11.9 Å². The Morgan fingerprint density at radius 3 is 2.77 bits per heavy atom. The van der Waals surface area contributed by atoms with Crippen molar-refractivity contribution in [1.82, 2.24) is 14.7 Å². The van der Waals surface area contributed by atoms with Crippen LogP contribution >= 0.6 is 0 Å². The Labute approximate surface area is 129 Å². The molecule has 7 nitrogen and oxygen atoms in total. The number of carboxylic acid groups (broad SMARTS) is 1. The number of aromatic nitrogens is 2. The average molecular weight is 309 g/mol. The van der Waals surface area contributed by atoms with E-state index in [0.717, 1.165) is 31.7 Å². The molecule has 2 heterocycles. The molecule has 1 aromatic heterocycles. The number of hydrogen-bond acceptors (Lipinski definition) is 4. The highest BCUT2D eigenvalue weighted by molar-refractivity contribution is 5.94. The lowest BCUT2D eigenvalue weighted by molar-refractivity contribution is -0.137. The van der Waals surface area contributed by atoms with Crippen molar-refractivity contribution in [2.75, 3.05) is 26.8 Å². The summed E-state index contributed by atoms with van der Waals surface area (Å²) >= 11 is 0. The number of carbonyl (C=O) groups excluding carboxylic acids is 1. The highest BCUT2D eigenvalue weighted by atomic mass is 16.5. The minimum Gasteiger partial charge on any atom is -0.481 e. The highest BCUT2D eigenvalue weighted by Crippen LogP contribution is 2.23. The predicted molar refractivity (Wildman–Crippen MR) is 79.9 cm³/mol. The highest BCUT2D eigenvalue weighted by Gasteiger charge is 2.23. The number of amides is 1. The summed E-state index contributed by atoms with van der Waals surface area (Å²) < 4.78 is 7.27. The summed E-state index contributed by atoms with van der Waals surface area (Å²) in [5, 5.41) is 13.0. The van der Waals surface area contributed by atoms with Gasteiger partial charge in [-0.05, 0) is 26.2 Å². The second-order valence-electron chi connectivity index (χ2n) is 5.66. The summed E-state index contributed by atoms with van der Waals surface area (Å²) in [4.78, 5) is 24.5. The molecule has 1 aliphatic heterocycles. The molecule has 0 bridgehead atoms. The van der Waals surface area contributed by atoms with Crippen LogP contribution in [0.15, 0.2) is 6.20 Å². The van der Waals surface area contributed by atoms with Gasteiger partial charge in [-0.1, -0.05) is 0 Å². The summed E-state index contributed by atoms with van der Waals surface area (Å²) in [6.45, 7) is 3.78. The third kappa shape index (κ3) is 3.85. The molecule has 0 aromatic carbocycles. The summed E-state index contributed by atoms with van der Waals surface area (Å²) in [5.41, 5.74) is 1.45. The van der Waals surface area contributed by atoms with Gasteiger partial charge in [0, 0.05) is 38.9 Å². The molecule has 122 valence electrons. The van der Waals surface area contributed by atoms with Crippen LogP contribution in [0.2, 0.25) is 0 Å². The Morgan fingerprint density at radius 2 is 2.14 bits per heavy atom. The molecular formula is C15H23N3O4. The van der Waals surface area contributed by atoms with E-state index < -0.39 is 5.97 Å². The van der Waals surface area contributed by atoms with Crippen LogP contribution in [0.25, 0.3) is 0 Å². The van der Waals surface area contributed by atoms with Gasteiger partial charge in [0.05, 0.1) is 17.8 Å². The second kappa shape index (κ2) is 7.40. The third-order valence-electron chi connectivity index (χ3n) is 4.04. The average Bonchev–Trinajstić information content (AvgIpc) is 2.88. The van der Waals surface area contributed by atoms with E-state index in [4.69, 9.17) is 9.84 Å². The molecule has 1 saturated heterocycles. The third-order valence-corrected chi connectivity index (χ3v) is 4.04. The van der Waals surface area contributed by atoms with Crippen molar-refractivity contribution in [2.24, 2.45) is 0 Å². The molecule has 1 N–H and O–H groups in total. The zero-order valence-corrected chi connectivity index (χ0v) is 13.1. The lowest BCUT2D eigenvalue weighted by atomic mass is 10.1. The number of nitrogens with zero attached hydrogens (tertiary/aromatic N) is 3. The van der Waals surface area contributed by atoms with E-state index in [0.29, 0.717) is 18.5 Å². The van der Waals surface area contributed by atoms with Crippen molar-refractivity contribution in [1.29, 1.82) is 0 Å². The molecule has 0 radical (unpaired) electrons. The van der Waals surface area contributed by atoms with Crippen LogP contribution < -0.4 is 0 Å². The SMILES string of the molecule is Cc1c(C(=O)N(C)CCCC(=O)O)cnn1C1CCOCC1. The largest absolute Gasteiger partial charge is 0.481 e. The Bertz CT molecular complexity index is 535. The van der Waals surface area contributed by atoms with E-state index in [1.54, 1.807) is 18.1 Å². The molecule has 1 fully saturated rings. The predicted octanol–water partition coefficient (Wildman–Crippen LogP) is 1.48. The van der Waals surface area contributed by atoms with Gasteiger partial charge in [-0.3, -0.25) is 14.3 Å². The Hall–Kier alpha value is -1.89. The molecule has 2 rings (SSSR count). The Morgan fingerprint density at radius 1 is 1.45 bits per heavy atom. The van der Waals surface area contributed by atoms with E-state index in [9.17, 15) is 9.59 Å². The van der Waals surface area contributed by atoms with Gasteiger partial charge in [0.25, 0.3) is 5.91 Å². The minimum atomic E-state index is -0.843. The zero-order chi connectivity index (χ0) is 16.1. The smallest absolute Gasteiger partial charge is 0.303 e. The molecule has 7 heteroatoms. The van der Waals surface area contributed by atoms with Gasteiger partial charge in [0.15, 0.2) is 0 Å². The van der Waals surface area contributed by atoms with Crippen molar-refractivity contribution in [3.63, 3.8) is 0 Å². The zero-order valence-electron chi connectivity index (χ0n) is 13.1. The number of carboxylic acids is 1. The van der Waals surface area contributed by atoms with Crippen molar-refractivity contribution in [3.8, 4) is 0 Å². The van der Waals surface area contributed by atoms with Gasteiger partial charge in [-0.15, -0.1) is 0 Å². The maximum absolute atomic E-state index is 12.4. The van der Waals surface area contributed by atoms with Crippen molar-refractivity contribution in [3.05, 3.63) is 17.5 Å². The quantitative estimate of drug-likeness (QED) is 0.860. The van der Waals surface area contributed by atoms with Gasteiger partial charge < -0.3 is 14.7 Å². The fraction of sp³-hybridized carbons (Fsp3) is 0.667. The first-order chi connectivity index (χ1) is 10.5. The molecular weight excluding hydrogens is 286 g/mol. The summed E-state index contributed by atoms with van der Waals surface area (Å²) in [6.07, 6.45) is 3.94. The lowest BCUT2D eigenvalue weighted by Gasteiger charge is -2.24. The van der Waals surface area contributed by atoms with Crippen LogP contribution in [-0.4, -0.2) is 58.5 Å². The number of hydrogen-bond donors (Lipinski definition) is 1. The van der Waals surface area contributed by atoms with Gasteiger partial charge in [0.2, 0.25) is 0 Å². The molecule has 0 spiro atoms. The molecule has 0 unspecified atom stereocenters. The van der Waals surface area contributed by atoms with Crippen molar-refractivity contribution in [2.45, 2.75) is 38.6 Å². The van der Waals surface area contributed by atoms with Crippen LogP contribution in [0.4, 0.5) is 0 Å². The van der Waals surface area contributed by atoms with E-state index in [-0.39, 0.29) is 18.4 Å². The van der Waals surface area contributed by atoms with Crippen LogP contribution in [0.1, 0.15) is 47.8 Å². The molecule has 22 heavy (non-hydrogen) atoms. The number of rotatable bonds is 6. The first-order valence-electron chi connectivity index (χ1n) is 7.59. The molecule has 0 atom stereocenters. The number of carbonyl (C=O) groups is 2. The van der Waals surface area contributed by atoms with Crippen molar-refractivity contribution < 1.29 is 19.4 Å².